The minimum absolute atomic E-state index is 0.327. The largest absolute Gasteiger partial charge is 0.294 e. The van der Waals surface area contributed by atoms with Gasteiger partial charge in [0.25, 0.3) is 0 Å². The lowest BCUT2D eigenvalue weighted by Gasteiger charge is -2.14. The van der Waals surface area contributed by atoms with Crippen LogP contribution in [-0.2, 0) is 0 Å². The maximum absolute atomic E-state index is 12.4. The van der Waals surface area contributed by atoms with Gasteiger partial charge in [0.05, 0.1) is 0 Å². The first-order valence-electron chi connectivity index (χ1n) is 7.09. The van der Waals surface area contributed by atoms with E-state index in [1.807, 2.05) is 0 Å². The molecule has 0 fully saturated rings. The minimum atomic E-state index is 0.327. The Hall–Kier alpha value is -1.11. The summed E-state index contributed by atoms with van der Waals surface area (Å²) in [4.78, 5) is 12.4. The monoisotopic (exact) mass is 246 g/mol. The predicted molar refractivity (Wildman–Crippen MR) is 78.5 cm³/mol. The van der Waals surface area contributed by atoms with Gasteiger partial charge in [-0.1, -0.05) is 32.3 Å². The lowest BCUT2D eigenvalue weighted by atomic mass is 9.90. The highest BCUT2D eigenvalue weighted by molar-refractivity contribution is 5.99. The van der Waals surface area contributed by atoms with Gasteiger partial charge in [0.15, 0.2) is 5.78 Å². The highest BCUT2D eigenvalue weighted by Gasteiger charge is 2.15. The Morgan fingerprint density at radius 2 is 1.50 bits per heavy atom. The summed E-state index contributed by atoms with van der Waals surface area (Å²) in [5, 5.41) is 0. The van der Waals surface area contributed by atoms with Crippen LogP contribution in [0.1, 0.15) is 71.6 Å². The van der Waals surface area contributed by atoms with E-state index in [1.54, 1.807) is 0 Å². The molecule has 1 heteroatoms. The zero-order valence-electron chi connectivity index (χ0n) is 12.5. The number of Topliss-reactive ketones (excluding diaryl/α,β-unsaturated/α-hetero) is 1. The Labute approximate surface area is 112 Å². The quantitative estimate of drug-likeness (QED) is 0.505. The first kappa shape index (κ1) is 14.9. The van der Waals surface area contributed by atoms with Crippen molar-refractivity contribution < 1.29 is 4.79 Å². The summed E-state index contributed by atoms with van der Waals surface area (Å²) >= 11 is 0. The zero-order valence-corrected chi connectivity index (χ0v) is 12.5. The minimum Gasteiger partial charge on any atom is -0.294 e. The molecule has 0 radical (unpaired) electrons. The van der Waals surface area contributed by atoms with Crippen molar-refractivity contribution in [2.75, 3.05) is 0 Å². The van der Waals surface area contributed by atoms with Gasteiger partial charge in [-0.15, -0.1) is 0 Å². The number of benzene rings is 1. The molecule has 1 aromatic carbocycles. The molecule has 0 heterocycles. The molecule has 0 spiro atoms. The molecule has 1 rings (SSSR count). The molecule has 0 aromatic heterocycles. The van der Waals surface area contributed by atoms with Gasteiger partial charge in [-0.25, -0.2) is 0 Å². The summed E-state index contributed by atoms with van der Waals surface area (Å²) in [5.41, 5.74) is 5.77. The normalized spacial score (nSPS) is 10.7. The van der Waals surface area contributed by atoms with Crippen molar-refractivity contribution in [1.29, 1.82) is 0 Å². The maximum atomic E-state index is 12.4. The third-order valence-electron chi connectivity index (χ3n) is 3.90. The number of ketones is 1. The van der Waals surface area contributed by atoms with Gasteiger partial charge in [-0.2, -0.15) is 0 Å². The highest BCUT2D eigenvalue weighted by atomic mass is 16.1. The van der Waals surface area contributed by atoms with Crippen LogP contribution < -0.4 is 0 Å². The molecule has 0 amide bonds. The van der Waals surface area contributed by atoms with E-state index in [-0.39, 0.29) is 0 Å². The van der Waals surface area contributed by atoms with Crippen molar-refractivity contribution in [2.24, 2.45) is 0 Å². The molecule has 0 N–H and O–H groups in total. The van der Waals surface area contributed by atoms with Crippen LogP contribution in [0, 0.1) is 27.7 Å². The molecule has 0 atom stereocenters. The van der Waals surface area contributed by atoms with Crippen LogP contribution in [0.25, 0.3) is 0 Å². The third-order valence-corrected chi connectivity index (χ3v) is 3.90. The van der Waals surface area contributed by atoms with Gasteiger partial charge in [0.2, 0.25) is 0 Å². The first-order valence-corrected chi connectivity index (χ1v) is 7.09. The number of aryl methyl sites for hydroxylation is 2. The van der Waals surface area contributed by atoms with Gasteiger partial charge in [-0.05, 0) is 56.4 Å². The summed E-state index contributed by atoms with van der Waals surface area (Å²) in [6, 6.07) is 2.18. The number of rotatable bonds is 6. The molecule has 0 saturated carbocycles. The molecule has 0 aliphatic rings. The smallest absolute Gasteiger partial charge is 0.163 e. The fourth-order valence-electron chi connectivity index (χ4n) is 2.47. The van der Waals surface area contributed by atoms with E-state index >= 15 is 0 Å². The number of hydrogen-bond acceptors (Lipinski definition) is 1. The van der Waals surface area contributed by atoms with Crippen molar-refractivity contribution in [3.05, 3.63) is 33.9 Å². The van der Waals surface area contributed by atoms with Gasteiger partial charge in [0.1, 0.15) is 0 Å². The molecule has 0 bridgehead atoms. The average molecular weight is 246 g/mol. The lowest BCUT2D eigenvalue weighted by molar-refractivity contribution is 0.0977. The fraction of sp³-hybridized carbons (Fsp3) is 0.588. The second-order valence-corrected chi connectivity index (χ2v) is 5.37. The van der Waals surface area contributed by atoms with Gasteiger partial charge in [0, 0.05) is 12.0 Å². The van der Waals surface area contributed by atoms with Crippen molar-refractivity contribution in [3.63, 3.8) is 0 Å². The predicted octanol–water partition coefficient (Wildman–Crippen LogP) is 5.07. The zero-order chi connectivity index (χ0) is 13.7. The van der Waals surface area contributed by atoms with E-state index in [2.05, 4.69) is 40.7 Å². The molecule has 0 aliphatic heterocycles. The van der Waals surface area contributed by atoms with E-state index in [9.17, 15) is 4.79 Å². The SMILES string of the molecule is CCCCCCC(=O)c1c(C)c(C)cc(C)c1C. The molecule has 0 aliphatic carbocycles. The van der Waals surface area contributed by atoms with Crippen LogP contribution >= 0.6 is 0 Å². The van der Waals surface area contributed by atoms with Crippen molar-refractivity contribution in [1.82, 2.24) is 0 Å². The summed E-state index contributed by atoms with van der Waals surface area (Å²) in [6.07, 6.45) is 5.35. The maximum Gasteiger partial charge on any atom is 0.163 e. The molecule has 0 unspecified atom stereocenters. The summed E-state index contributed by atoms with van der Waals surface area (Å²) < 4.78 is 0. The summed E-state index contributed by atoms with van der Waals surface area (Å²) in [7, 11) is 0. The lowest BCUT2D eigenvalue weighted by Crippen LogP contribution is -2.07. The third kappa shape index (κ3) is 3.44. The number of carbonyl (C=O) groups excluding carboxylic acids is 1. The molecule has 0 saturated heterocycles. The van der Waals surface area contributed by atoms with E-state index in [4.69, 9.17) is 0 Å². The van der Waals surface area contributed by atoms with Crippen LogP contribution in [0.3, 0.4) is 0 Å². The Bertz CT molecular complexity index is 403. The standard InChI is InChI=1S/C17H26O/c1-6-7-8-9-10-16(18)17-14(4)12(2)11-13(3)15(17)5/h11H,6-10H2,1-5H3. The Morgan fingerprint density at radius 1 is 0.944 bits per heavy atom. The van der Waals surface area contributed by atoms with E-state index in [1.165, 1.54) is 41.5 Å². The molecule has 1 aromatic rings. The second kappa shape index (κ2) is 6.72. The van der Waals surface area contributed by atoms with Gasteiger partial charge in [-0.3, -0.25) is 4.79 Å². The van der Waals surface area contributed by atoms with Crippen LogP contribution in [0.4, 0.5) is 0 Å². The van der Waals surface area contributed by atoms with E-state index in [0.717, 1.165) is 12.0 Å². The summed E-state index contributed by atoms with van der Waals surface area (Å²) in [6.45, 7) is 10.5. The highest BCUT2D eigenvalue weighted by Crippen LogP contribution is 2.23. The molecule has 18 heavy (non-hydrogen) atoms. The fourth-order valence-corrected chi connectivity index (χ4v) is 2.47. The number of carbonyl (C=O) groups is 1. The van der Waals surface area contributed by atoms with Gasteiger partial charge < -0.3 is 0 Å². The Kier molecular flexibility index (Phi) is 5.58. The first-order chi connectivity index (χ1) is 8.49. The van der Waals surface area contributed by atoms with Crippen LogP contribution in [0.15, 0.2) is 6.07 Å². The van der Waals surface area contributed by atoms with E-state index < -0.39 is 0 Å². The number of hydrogen-bond donors (Lipinski definition) is 0. The van der Waals surface area contributed by atoms with Crippen LogP contribution in [0.2, 0.25) is 0 Å². The second-order valence-electron chi connectivity index (χ2n) is 5.37. The Balaban J connectivity index is 2.85. The van der Waals surface area contributed by atoms with Crippen LogP contribution in [-0.4, -0.2) is 5.78 Å². The molecule has 1 nitrogen and oxygen atoms in total. The van der Waals surface area contributed by atoms with Gasteiger partial charge >= 0.3 is 0 Å². The summed E-state index contributed by atoms with van der Waals surface area (Å²) in [5.74, 6) is 0.327. The number of unbranched alkanes of at least 4 members (excludes halogenated alkanes) is 3. The van der Waals surface area contributed by atoms with Crippen molar-refractivity contribution in [2.45, 2.75) is 66.7 Å². The van der Waals surface area contributed by atoms with Crippen LogP contribution in [0.5, 0.6) is 0 Å². The molecular weight excluding hydrogens is 220 g/mol. The topological polar surface area (TPSA) is 17.1 Å². The Morgan fingerprint density at radius 3 is 2.00 bits per heavy atom. The molecular formula is C17H26O. The van der Waals surface area contributed by atoms with Crippen molar-refractivity contribution >= 4 is 5.78 Å². The molecule has 100 valence electrons. The van der Waals surface area contributed by atoms with E-state index in [0.29, 0.717) is 12.2 Å². The van der Waals surface area contributed by atoms with Crippen molar-refractivity contribution in [3.8, 4) is 0 Å². The average Bonchev–Trinajstić information content (AvgIpc) is 2.32.